The first-order valence-electron chi connectivity index (χ1n) is 7.43. The minimum atomic E-state index is -0.822. The first-order chi connectivity index (χ1) is 12.0. The monoisotopic (exact) mass is 350 g/mol. The number of imidazole rings is 1. The van der Waals surface area contributed by atoms with Crippen LogP contribution < -0.4 is 17.2 Å². The summed E-state index contributed by atoms with van der Waals surface area (Å²) in [5, 5.41) is 10.1. The first-order valence-corrected chi connectivity index (χ1v) is 7.43. The molecule has 0 amide bonds. The highest BCUT2D eigenvalue weighted by Crippen LogP contribution is 2.31. The molecule has 134 valence electrons. The largest absolute Gasteiger partial charge is 0.461 e. The number of esters is 1. The zero-order chi connectivity index (χ0) is 18.0. The van der Waals surface area contributed by atoms with Crippen molar-refractivity contribution in [3.63, 3.8) is 0 Å². The van der Waals surface area contributed by atoms with E-state index in [-0.39, 0.29) is 31.3 Å². The van der Waals surface area contributed by atoms with Crippen LogP contribution in [0.4, 0.5) is 5.82 Å². The number of aromatic nitrogens is 4. The van der Waals surface area contributed by atoms with Crippen molar-refractivity contribution < 1.29 is 19.4 Å². The van der Waals surface area contributed by atoms with Gasteiger partial charge in [0.2, 0.25) is 0 Å². The molecule has 0 saturated carbocycles. The van der Waals surface area contributed by atoms with Gasteiger partial charge in [-0.05, 0) is 0 Å². The number of ether oxygens (including phenoxy) is 2. The summed E-state index contributed by atoms with van der Waals surface area (Å²) in [7, 11) is 0. The van der Waals surface area contributed by atoms with E-state index in [1.54, 1.807) is 4.57 Å². The molecule has 1 fully saturated rings. The third-order valence-corrected chi connectivity index (χ3v) is 3.70. The van der Waals surface area contributed by atoms with Crippen LogP contribution in [-0.2, 0) is 14.3 Å². The molecule has 1 aliphatic heterocycles. The third-order valence-electron chi connectivity index (χ3n) is 3.70. The second-order valence-electron chi connectivity index (χ2n) is 5.44. The Morgan fingerprint density at radius 1 is 1.44 bits per heavy atom. The molecule has 1 saturated heterocycles. The molecule has 0 unspecified atom stereocenters. The van der Waals surface area contributed by atoms with Crippen LogP contribution >= 0.6 is 0 Å². The van der Waals surface area contributed by atoms with Gasteiger partial charge >= 0.3 is 5.97 Å². The Kier molecular flexibility index (Phi) is 4.63. The number of carbonyl (C=O) groups excluding carboxylic acids is 1. The van der Waals surface area contributed by atoms with E-state index in [0.29, 0.717) is 11.2 Å². The van der Waals surface area contributed by atoms with Gasteiger partial charge in [-0.15, -0.1) is 0 Å². The van der Waals surface area contributed by atoms with E-state index in [4.69, 9.17) is 26.7 Å². The number of fused-ring (bicyclic) bond motifs is 1. The fourth-order valence-corrected chi connectivity index (χ4v) is 2.49. The van der Waals surface area contributed by atoms with Gasteiger partial charge in [0, 0.05) is 6.42 Å². The zero-order valence-corrected chi connectivity index (χ0v) is 13.1. The third kappa shape index (κ3) is 3.59. The van der Waals surface area contributed by atoms with Crippen molar-refractivity contribution >= 4 is 28.9 Å². The van der Waals surface area contributed by atoms with Gasteiger partial charge in [0.1, 0.15) is 37.3 Å². The van der Waals surface area contributed by atoms with Crippen LogP contribution in [0.3, 0.4) is 0 Å². The van der Waals surface area contributed by atoms with E-state index < -0.39 is 24.4 Å². The number of aliphatic hydroxyl groups is 1. The molecule has 0 spiro atoms. The zero-order valence-electron chi connectivity index (χ0n) is 13.1. The van der Waals surface area contributed by atoms with Crippen molar-refractivity contribution in [3.8, 4) is 0 Å². The standard InChI is InChI=1S/C13H18N8O4/c14-11-10-12(19-4-18-11)21(5-20-10)8-1-6(22)7(25-8)3-24-9(23)2-17-13(15)16/h4-8,22H,1-3H2,(H2,14,18,19)(H4,15,16,17)/t6-,7-,8-/m1/s1. The van der Waals surface area contributed by atoms with Crippen LogP contribution in [0, 0.1) is 0 Å². The van der Waals surface area contributed by atoms with Gasteiger partial charge in [-0.25, -0.2) is 19.9 Å². The average Bonchev–Trinajstić information content (AvgIpc) is 3.15. The molecule has 7 N–H and O–H groups in total. The molecule has 2 aromatic rings. The topological polar surface area (TPSA) is 190 Å². The van der Waals surface area contributed by atoms with Crippen molar-refractivity contribution in [3.05, 3.63) is 12.7 Å². The Balaban J connectivity index is 1.64. The maximum absolute atomic E-state index is 11.5. The van der Waals surface area contributed by atoms with E-state index in [2.05, 4.69) is 19.9 Å². The van der Waals surface area contributed by atoms with E-state index in [1.807, 2.05) is 0 Å². The van der Waals surface area contributed by atoms with Gasteiger partial charge in [0.25, 0.3) is 0 Å². The molecule has 0 aliphatic carbocycles. The van der Waals surface area contributed by atoms with Crippen LogP contribution in [0.15, 0.2) is 17.6 Å². The fraction of sp³-hybridized carbons (Fsp3) is 0.462. The summed E-state index contributed by atoms with van der Waals surface area (Å²) in [6, 6.07) is 0. The highest BCUT2D eigenvalue weighted by molar-refractivity contribution is 5.81. The molecule has 1 aliphatic rings. The van der Waals surface area contributed by atoms with Crippen molar-refractivity contribution in [2.75, 3.05) is 18.9 Å². The molecular formula is C13H18N8O4. The Morgan fingerprint density at radius 2 is 2.24 bits per heavy atom. The molecule has 3 atom stereocenters. The first kappa shape index (κ1) is 16.9. The number of nitrogen functional groups attached to an aromatic ring is 1. The predicted octanol–water partition coefficient (Wildman–Crippen LogP) is -2.13. The predicted molar refractivity (Wildman–Crippen MR) is 85.9 cm³/mol. The van der Waals surface area contributed by atoms with E-state index in [1.165, 1.54) is 12.7 Å². The number of aliphatic imine (C=N–C) groups is 1. The Bertz CT molecular complexity index is 802. The van der Waals surface area contributed by atoms with Crippen molar-refractivity contribution in [2.45, 2.75) is 24.9 Å². The van der Waals surface area contributed by atoms with Crippen LogP contribution in [0.5, 0.6) is 0 Å². The lowest BCUT2D eigenvalue weighted by Gasteiger charge is -2.15. The highest BCUT2D eigenvalue weighted by atomic mass is 16.6. The normalized spacial score (nSPS) is 22.8. The van der Waals surface area contributed by atoms with Crippen LogP contribution in [0.2, 0.25) is 0 Å². The lowest BCUT2D eigenvalue weighted by molar-refractivity contribution is -0.148. The SMILES string of the molecule is NC(N)=NCC(=O)OC[C@H]1O[C@@H](n2cnc3c(N)ncnc32)C[C@H]1O. The Hall–Kier alpha value is -2.99. The molecule has 25 heavy (non-hydrogen) atoms. The molecule has 12 nitrogen and oxygen atoms in total. The number of hydrogen-bond acceptors (Lipinski definition) is 9. The molecule has 0 radical (unpaired) electrons. The quantitative estimate of drug-likeness (QED) is 0.263. The lowest BCUT2D eigenvalue weighted by atomic mass is 10.2. The highest BCUT2D eigenvalue weighted by Gasteiger charge is 2.36. The Labute approximate surface area is 141 Å². The molecule has 0 aromatic carbocycles. The molecule has 0 bridgehead atoms. The average molecular weight is 350 g/mol. The van der Waals surface area contributed by atoms with Crippen LogP contribution in [-0.4, -0.2) is 61.9 Å². The number of aliphatic hydroxyl groups excluding tert-OH is 1. The van der Waals surface area contributed by atoms with Gasteiger partial charge in [-0.1, -0.05) is 0 Å². The van der Waals surface area contributed by atoms with Gasteiger partial charge < -0.3 is 31.8 Å². The van der Waals surface area contributed by atoms with Gasteiger partial charge in [0.15, 0.2) is 17.4 Å². The van der Waals surface area contributed by atoms with Gasteiger partial charge in [-0.2, -0.15) is 0 Å². The summed E-state index contributed by atoms with van der Waals surface area (Å²) in [5.74, 6) is -0.573. The summed E-state index contributed by atoms with van der Waals surface area (Å²) in [6.45, 7) is -0.419. The number of anilines is 1. The number of hydrogen-bond donors (Lipinski definition) is 4. The van der Waals surface area contributed by atoms with Gasteiger partial charge in [-0.3, -0.25) is 9.36 Å². The number of carbonyl (C=O) groups is 1. The fourth-order valence-electron chi connectivity index (χ4n) is 2.49. The van der Waals surface area contributed by atoms with Crippen molar-refractivity contribution in [1.82, 2.24) is 19.5 Å². The smallest absolute Gasteiger partial charge is 0.327 e. The van der Waals surface area contributed by atoms with E-state index >= 15 is 0 Å². The van der Waals surface area contributed by atoms with E-state index in [0.717, 1.165) is 0 Å². The number of guanidine groups is 1. The number of nitrogens with two attached hydrogens (primary N) is 3. The molecule has 2 aromatic heterocycles. The maximum atomic E-state index is 11.5. The van der Waals surface area contributed by atoms with E-state index in [9.17, 15) is 9.90 Å². The lowest BCUT2D eigenvalue weighted by Crippen LogP contribution is -2.29. The molecular weight excluding hydrogens is 332 g/mol. The minimum absolute atomic E-state index is 0.125. The molecule has 3 rings (SSSR count). The summed E-state index contributed by atoms with van der Waals surface area (Å²) in [6.07, 6.45) is 1.09. The maximum Gasteiger partial charge on any atom is 0.327 e. The van der Waals surface area contributed by atoms with Crippen molar-refractivity contribution in [2.24, 2.45) is 16.5 Å². The second kappa shape index (κ2) is 6.86. The summed E-state index contributed by atoms with van der Waals surface area (Å²) in [5.41, 5.74) is 17.0. The minimum Gasteiger partial charge on any atom is -0.461 e. The second-order valence-corrected chi connectivity index (χ2v) is 5.44. The van der Waals surface area contributed by atoms with Crippen molar-refractivity contribution in [1.29, 1.82) is 0 Å². The molecule has 12 heteroatoms. The summed E-state index contributed by atoms with van der Waals surface area (Å²) in [4.78, 5) is 27.2. The molecule has 3 heterocycles. The summed E-state index contributed by atoms with van der Waals surface area (Å²) >= 11 is 0. The Morgan fingerprint density at radius 3 is 3.00 bits per heavy atom. The van der Waals surface area contributed by atoms with Crippen LogP contribution in [0.1, 0.15) is 12.6 Å². The number of nitrogens with zero attached hydrogens (tertiary/aromatic N) is 5. The summed E-state index contributed by atoms with van der Waals surface area (Å²) < 4.78 is 12.4. The van der Waals surface area contributed by atoms with Gasteiger partial charge in [0.05, 0.1) is 12.4 Å². The van der Waals surface area contributed by atoms with Crippen LogP contribution in [0.25, 0.3) is 11.2 Å². The number of rotatable bonds is 5.